The van der Waals surface area contributed by atoms with Crippen LogP contribution in [0.3, 0.4) is 0 Å². The van der Waals surface area contributed by atoms with Gasteiger partial charge in [-0.15, -0.1) is 0 Å². The van der Waals surface area contributed by atoms with E-state index in [1.165, 1.54) is 25.7 Å². The third kappa shape index (κ3) is 5.29. The molecule has 156 valence electrons. The molecule has 1 saturated heterocycles. The SMILES string of the molecule is O=C(CCC(=O)N1CCN(c2ccccn2)CC1)NC1=N[C@H]2CCCCC[C@H]2S1. The van der Waals surface area contributed by atoms with Gasteiger partial charge in [0.2, 0.25) is 11.8 Å². The fourth-order valence-corrected chi connectivity index (χ4v) is 5.51. The standard InChI is InChI=1S/C21H29N5O2S/c27-19(24-21-23-16-6-2-1-3-7-17(16)29-21)9-10-20(28)26-14-12-25(13-15-26)18-8-4-5-11-22-18/h4-5,8,11,16-17H,1-3,6-7,9-10,12-15H2,(H,23,24,27)/t16-,17+/m0/s1. The Hall–Kier alpha value is -2.09. The molecule has 2 amide bonds. The Labute approximate surface area is 176 Å². The summed E-state index contributed by atoms with van der Waals surface area (Å²) in [5.74, 6) is 0.894. The predicted octanol–water partition coefficient (Wildman–Crippen LogP) is 2.43. The highest BCUT2D eigenvalue weighted by molar-refractivity contribution is 8.14. The number of amides is 2. The van der Waals surface area contributed by atoms with E-state index in [-0.39, 0.29) is 24.7 Å². The van der Waals surface area contributed by atoms with Crippen molar-refractivity contribution < 1.29 is 9.59 Å². The number of hydrogen-bond donors (Lipinski definition) is 1. The summed E-state index contributed by atoms with van der Waals surface area (Å²) >= 11 is 1.71. The Balaban J connectivity index is 1.18. The molecule has 2 fully saturated rings. The van der Waals surface area contributed by atoms with Crippen LogP contribution in [0.15, 0.2) is 29.4 Å². The molecule has 1 aromatic rings. The molecular formula is C21H29N5O2S. The minimum atomic E-state index is -0.104. The van der Waals surface area contributed by atoms with Crippen molar-refractivity contribution in [3.63, 3.8) is 0 Å². The molecule has 1 N–H and O–H groups in total. The number of piperazine rings is 1. The number of aromatic nitrogens is 1. The Morgan fingerprint density at radius 2 is 1.90 bits per heavy atom. The number of carbonyl (C=O) groups is 2. The lowest BCUT2D eigenvalue weighted by molar-refractivity contribution is -0.133. The minimum absolute atomic E-state index is 0.0481. The van der Waals surface area contributed by atoms with Gasteiger partial charge in [-0.3, -0.25) is 14.6 Å². The Bertz CT molecular complexity index is 749. The fourth-order valence-electron chi connectivity index (χ4n) is 4.21. The van der Waals surface area contributed by atoms with Gasteiger partial charge in [0.15, 0.2) is 5.17 Å². The molecule has 7 nitrogen and oxygen atoms in total. The highest BCUT2D eigenvalue weighted by Crippen LogP contribution is 2.35. The van der Waals surface area contributed by atoms with Gasteiger partial charge in [0.05, 0.1) is 6.04 Å². The number of carbonyl (C=O) groups excluding carboxylic acids is 2. The van der Waals surface area contributed by atoms with E-state index in [9.17, 15) is 9.59 Å². The van der Waals surface area contributed by atoms with Gasteiger partial charge < -0.3 is 15.1 Å². The quantitative estimate of drug-likeness (QED) is 0.817. The van der Waals surface area contributed by atoms with Crippen molar-refractivity contribution in [2.24, 2.45) is 4.99 Å². The highest BCUT2D eigenvalue weighted by atomic mass is 32.2. The molecule has 29 heavy (non-hydrogen) atoms. The number of amidine groups is 1. The second kappa shape index (κ2) is 9.61. The van der Waals surface area contributed by atoms with Gasteiger partial charge in [-0.2, -0.15) is 0 Å². The zero-order valence-corrected chi connectivity index (χ0v) is 17.6. The largest absolute Gasteiger partial charge is 0.353 e. The summed E-state index contributed by atoms with van der Waals surface area (Å²) < 4.78 is 0. The second-order valence-electron chi connectivity index (χ2n) is 7.90. The zero-order chi connectivity index (χ0) is 20.1. The number of thioether (sulfide) groups is 1. The van der Waals surface area contributed by atoms with Crippen molar-refractivity contribution in [2.75, 3.05) is 31.1 Å². The molecule has 0 aromatic carbocycles. The number of hydrogen-bond acceptors (Lipinski definition) is 6. The smallest absolute Gasteiger partial charge is 0.226 e. The summed E-state index contributed by atoms with van der Waals surface area (Å²) in [6, 6.07) is 6.22. The summed E-state index contributed by atoms with van der Waals surface area (Å²) in [4.78, 5) is 37.9. The zero-order valence-electron chi connectivity index (χ0n) is 16.8. The summed E-state index contributed by atoms with van der Waals surface area (Å²) in [6.07, 6.45) is 8.34. The second-order valence-corrected chi connectivity index (χ2v) is 9.13. The summed E-state index contributed by atoms with van der Waals surface area (Å²) in [5.41, 5.74) is 0. The molecule has 0 spiro atoms. The maximum atomic E-state index is 12.5. The number of pyridine rings is 1. The molecule has 1 saturated carbocycles. The number of nitrogens with one attached hydrogen (secondary N) is 1. The van der Waals surface area contributed by atoms with Gasteiger partial charge >= 0.3 is 0 Å². The van der Waals surface area contributed by atoms with Crippen LogP contribution in [0.2, 0.25) is 0 Å². The number of aliphatic imine (C=N–C) groups is 1. The lowest BCUT2D eigenvalue weighted by atomic mass is 10.1. The first-order valence-electron chi connectivity index (χ1n) is 10.7. The third-order valence-corrected chi connectivity index (χ3v) is 7.17. The van der Waals surface area contributed by atoms with E-state index in [0.717, 1.165) is 30.5 Å². The maximum Gasteiger partial charge on any atom is 0.226 e. The minimum Gasteiger partial charge on any atom is -0.353 e. The predicted molar refractivity (Wildman–Crippen MR) is 116 cm³/mol. The van der Waals surface area contributed by atoms with Gasteiger partial charge in [0.1, 0.15) is 5.82 Å². The first kappa shape index (κ1) is 20.2. The van der Waals surface area contributed by atoms with Gasteiger partial charge in [-0.25, -0.2) is 4.98 Å². The summed E-state index contributed by atoms with van der Waals surface area (Å²) in [5, 5.41) is 4.20. The first-order chi connectivity index (χ1) is 14.2. The molecule has 2 atom stereocenters. The normalized spacial score (nSPS) is 24.5. The summed E-state index contributed by atoms with van der Waals surface area (Å²) in [7, 11) is 0. The average molecular weight is 416 g/mol. The molecule has 0 unspecified atom stereocenters. The van der Waals surface area contributed by atoms with Crippen molar-refractivity contribution >= 4 is 34.6 Å². The van der Waals surface area contributed by atoms with Crippen molar-refractivity contribution in [2.45, 2.75) is 56.2 Å². The van der Waals surface area contributed by atoms with Crippen LogP contribution in [0, 0.1) is 0 Å². The lowest BCUT2D eigenvalue weighted by Crippen LogP contribution is -2.49. The van der Waals surface area contributed by atoms with E-state index in [1.807, 2.05) is 23.1 Å². The molecule has 1 aliphatic carbocycles. The topological polar surface area (TPSA) is 77.9 Å². The van der Waals surface area contributed by atoms with Crippen LogP contribution in [0.5, 0.6) is 0 Å². The maximum absolute atomic E-state index is 12.5. The van der Waals surface area contributed by atoms with Gasteiger partial charge in [0, 0.05) is 50.5 Å². The van der Waals surface area contributed by atoms with Crippen LogP contribution < -0.4 is 10.2 Å². The van der Waals surface area contributed by atoms with Crippen LogP contribution in [0.4, 0.5) is 5.82 Å². The lowest BCUT2D eigenvalue weighted by Gasteiger charge is -2.35. The molecule has 3 heterocycles. The molecule has 2 aliphatic heterocycles. The van der Waals surface area contributed by atoms with Crippen LogP contribution in [-0.2, 0) is 9.59 Å². The van der Waals surface area contributed by atoms with Gasteiger partial charge in [0.25, 0.3) is 0 Å². The van der Waals surface area contributed by atoms with Gasteiger partial charge in [-0.1, -0.05) is 37.1 Å². The van der Waals surface area contributed by atoms with Crippen molar-refractivity contribution in [3.05, 3.63) is 24.4 Å². The molecule has 1 aromatic heterocycles. The van der Waals surface area contributed by atoms with Crippen molar-refractivity contribution in [3.8, 4) is 0 Å². The monoisotopic (exact) mass is 415 g/mol. The Morgan fingerprint density at radius 1 is 1.07 bits per heavy atom. The molecule has 0 bridgehead atoms. The molecule has 4 rings (SSSR count). The number of nitrogens with zero attached hydrogens (tertiary/aromatic N) is 4. The molecule has 0 radical (unpaired) electrons. The van der Waals surface area contributed by atoms with E-state index in [4.69, 9.17) is 4.99 Å². The fraction of sp³-hybridized carbons (Fsp3) is 0.619. The van der Waals surface area contributed by atoms with Gasteiger partial charge in [-0.05, 0) is 25.0 Å². The highest BCUT2D eigenvalue weighted by Gasteiger charge is 2.31. The Kier molecular flexibility index (Phi) is 6.69. The van der Waals surface area contributed by atoms with E-state index in [1.54, 1.807) is 18.0 Å². The number of fused-ring (bicyclic) bond motifs is 1. The molecule has 3 aliphatic rings. The molecule has 8 heteroatoms. The van der Waals surface area contributed by atoms with E-state index < -0.39 is 0 Å². The van der Waals surface area contributed by atoms with Crippen molar-refractivity contribution in [1.82, 2.24) is 15.2 Å². The van der Waals surface area contributed by atoms with Crippen molar-refractivity contribution in [1.29, 1.82) is 0 Å². The van der Waals surface area contributed by atoms with E-state index in [2.05, 4.69) is 15.2 Å². The first-order valence-corrected chi connectivity index (χ1v) is 11.5. The number of rotatable bonds is 4. The average Bonchev–Trinajstić information content (AvgIpc) is 3.00. The molecular weight excluding hydrogens is 386 g/mol. The summed E-state index contributed by atoms with van der Waals surface area (Å²) in [6.45, 7) is 2.88. The van der Waals surface area contributed by atoms with E-state index >= 15 is 0 Å². The van der Waals surface area contributed by atoms with Crippen LogP contribution >= 0.6 is 11.8 Å². The van der Waals surface area contributed by atoms with Crippen LogP contribution in [-0.4, -0.2) is 64.3 Å². The number of anilines is 1. The van der Waals surface area contributed by atoms with E-state index in [0.29, 0.717) is 24.4 Å². The Morgan fingerprint density at radius 3 is 2.69 bits per heavy atom. The van der Waals surface area contributed by atoms with Crippen LogP contribution in [0.1, 0.15) is 44.9 Å². The third-order valence-electron chi connectivity index (χ3n) is 5.88. The van der Waals surface area contributed by atoms with Crippen LogP contribution in [0.25, 0.3) is 0 Å².